The van der Waals surface area contributed by atoms with E-state index in [2.05, 4.69) is 12.1 Å². The normalized spacial score (nSPS) is 10.2. The van der Waals surface area contributed by atoms with E-state index in [-0.39, 0.29) is 19.0 Å². The summed E-state index contributed by atoms with van der Waals surface area (Å²) in [5.41, 5.74) is 7.77. The summed E-state index contributed by atoms with van der Waals surface area (Å²) >= 11 is 0. The zero-order chi connectivity index (χ0) is 15.6. The fraction of sp³-hybridized carbons (Fsp3) is 0.278. The Morgan fingerprint density at radius 2 is 1.59 bits per heavy atom. The zero-order valence-corrected chi connectivity index (χ0v) is 12.5. The highest BCUT2D eigenvalue weighted by Gasteiger charge is 2.01. The van der Waals surface area contributed by atoms with Gasteiger partial charge in [0.2, 0.25) is 0 Å². The maximum atomic E-state index is 11.1. The second kappa shape index (κ2) is 8.85. The lowest BCUT2D eigenvalue weighted by molar-refractivity contribution is -0.144. The quantitative estimate of drug-likeness (QED) is 0.601. The van der Waals surface area contributed by atoms with E-state index in [0.717, 1.165) is 12.2 Å². The van der Waals surface area contributed by atoms with Crippen LogP contribution in [0, 0.1) is 0 Å². The van der Waals surface area contributed by atoms with E-state index in [0.29, 0.717) is 13.2 Å². The fourth-order valence-corrected chi connectivity index (χ4v) is 2.04. The highest BCUT2D eigenvalue weighted by atomic mass is 16.6. The first-order chi connectivity index (χ1) is 10.8. The lowest BCUT2D eigenvalue weighted by Gasteiger charge is -2.08. The second-order valence-electron chi connectivity index (χ2n) is 4.91. The van der Waals surface area contributed by atoms with Crippen LogP contribution in [0.4, 0.5) is 0 Å². The molecule has 0 aliphatic heterocycles. The number of ether oxygens (including phenoxy) is 2. The van der Waals surface area contributed by atoms with Crippen LogP contribution in [0.25, 0.3) is 0 Å². The molecule has 0 atom stereocenters. The van der Waals surface area contributed by atoms with Crippen molar-refractivity contribution in [2.75, 3.05) is 19.8 Å². The minimum Gasteiger partial charge on any atom is -0.490 e. The number of esters is 1. The predicted octanol–water partition coefficient (Wildman–Crippen LogP) is 2.55. The Labute approximate surface area is 130 Å². The molecule has 4 heteroatoms. The molecular formula is C18H21NO3. The highest BCUT2D eigenvalue weighted by molar-refractivity contribution is 5.69. The van der Waals surface area contributed by atoms with Crippen molar-refractivity contribution in [2.24, 2.45) is 5.73 Å². The van der Waals surface area contributed by atoms with Crippen LogP contribution in [0.5, 0.6) is 5.75 Å². The van der Waals surface area contributed by atoms with E-state index >= 15 is 0 Å². The van der Waals surface area contributed by atoms with E-state index in [1.807, 2.05) is 42.5 Å². The Balaban J connectivity index is 1.74. The molecule has 0 fully saturated rings. The molecule has 0 amide bonds. The van der Waals surface area contributed by atoms with Crippen molar-refractivity contribution >= 4 is 5.97 Å². The fourth-order valence-electron chi connectivity index (χ4n) is 2.04. The Bertz CT molecular complexity index is 567. The number of nitrogens with two attached hydrogens (primary N) is 1. The largest absolute Gasteiger partial charge is 0.490 e. The van der Waals surface area contributed by atoms with Crippen LogP contribution in [-0.4, -0.2) is 25.7 Å². The van der Waals surface area contributed by atoms with Crippen molar-refractivity contribution < 1.29 is 14.3 Å². The van der Waals surface area contributed by atoms with Gasteiger partial charge in [-0.15, -0.1) is 0 Å². The number of hydrogen-bond acceptors (Lipinski definition) is 4. The van der Waals surface area contributed by atoms with Crippen LogP contribution in [0.2, 0.25) is 0 Å². The first-order valence-corrected chi connectivity index (χ1v) is 7.39. The van der Waals surface area contributed by atoms with E-state index in [1.54, 1.807) is 0 Å². The maximum absolute atomic E-state index is 11.1. The van der Waals surface area contributed by atoms with Crippen LogP contribution in [0.15, 0.2) is 54.6 Å². The molecule has 0 spiro atoms. The molecule has 22 heavy (non-hydrogen) atoms. The number of rotatable bonds is 8. The van der Waals surface area contributed by atoms with Gasteiger partial charge in [0.25, 0.3) is 0 Å². The summed E-state index contributed by atoms with van der Waals surface area (Å²) in [6, 6.07) is 18.3. The Kier molecular flexibility index (Phi) is 6.45. The van der Waals surface area contributed by atoms with Gasteiger partial charge in [0.05, 0.1) is 6.42 Å². The molecule has 0 aliphatic rings. The van der Waals surface area contributed by atoms with Crippen molar-refractivity contribution in [3.8, 4) is 5.75 Å². The van der Waals surface area contributed by atoms with Crippen LogP contribution >= 0.6 is 0 Å². The van der Waals surface area contributed by atoms with Gasteiger partial charge in [-0.2, -0.15) is 0 Å². The standard InChI is InChI=1S/C18H21NO3/c19-11-10-18(20)22-13-12-21-17-8-6-16(7-9-17)14-15-4-2-1-3-5-15/h1-9H,10-14,19H2. The zero-order valence-electron chi connectivity index (χ0n) is 12.5. The van der Waals surface area contributed by atoms with Gasteiger partial charge in [0, 0.05) is 6.54 Å². The molecule has 0 unspecified atom stereocenters. The van der Waals surface area contributed by atoms with Crippen LogP contribution in [-0.2, 0) is 16.0 Å². The number of carbonyl (C=O) groups is 1. The molecule has 0 radical (unpaired) electrons. The summed E-state index contributed by atoms with van der Waals surface area (Å²) in [6.45, 7) is 0.890. The Morgan fingerprint density at radius 3 is 2.27 bits per heavy atom. The highest BCUT2D eigenvalue weighted by Crippen LogP contribution is 2.15. The van der Waals surface area contributed by atoms with Gasteiger partial charge in [-0.25, -0.2) is 0 Å². The smallest absolute Gasteiger partial charge is 0.307 e. The molecule has 0 saturated heterocycles. The summed E-state index contributed by atoms with van der Waals surface area (Å²) in [5, 5.41) is 0. The average Bonchev–Trinajstić information content (AvgIpc) is 2.54. The predicted molar refractivity (Wildman–Crippen MR) is 85.8 cm³/mol. The first-order valence-electron chi connectivity index (χ1n) is 7.39. The van der Waals surface area contributed by atoms with Crippen molar-refractivity contribution in [3.05, 3.63) is 65.7 Å². The van der Waals surface area contributed by atoms with Gasteiger partial charge in [-0.1, -0.05) is 42.5 Å². The molecule has 0 heterocycles. The molecule has 0 aromatic heterocycles. The van der Waals surface area contributed by atoms with Crippen LogP contribution in [0.3, 0.4) is 0 Å². The number of carbonyl (C=O) groups excluding carboxylic acids is 1. The Morgan fingerprint density at radius 1 is 0.909 bits per heavy atom. The van der Waals surface area contributed by atoms with E-state index in [9.17, 15) is 4.79 Å². The summed E-state index contributed by atoms with van der Waals surface area (Å²) in [6.07, 6.45) is 1.14. The van der Waals surface area contributed by atoms with Crippen LogP contribution in [0.1, 0.15) is 17.5 Å². The van der Waals surface area contributed by atoms with Gasteiger partial charge >= 0.3 is 5.97 Å². The summed E-state index contributed by atoms with van der Waals surface area (Å²) in [4.78, 5) is 11.1. The van der Waals surface area contributed by atoms with Gasteiger partial charge in [-0.3, -0.25) is 4.79 Å². The van der Waals surface area contributed by atoms with Crippen molar-refractivity contribution in [2.45, 2.75) is 12.8 Å². The third kappa shape index (κ3) is 5.58. The number of hydrogen-bond donors (Lipinski definition) is 1. The van der Waals surface area contributed by atoms with E-state index in [4.69, 9.17) is 15.2 Å². The van der Waals surface area contributed by atoms with E-state index in [1.165, 1.54) is 11.1 Å². The molecule has 2 N–H and O–H groups in total. The molecule has 0 saturated carbocycles. The third-order valence-electron chi connectivity index (χ3n) is 3.14. The number of benzene rings is 2. The average molecular weight is 299 g/mol. The van der Waals surface area contributed by atoms with Gasteiger partial charge in [-0.05, 0) is 29.7 Å². The monoisotopic (exact) mass is 299 g/mol. The molecule has 2 aromatic rings. The van der Waals surface area contributed by atoms with Crippen molar-refractivity contribution in [3.63, 3.8) is 0 Å². The van der Waals surface area contributed by atoms with Gasteiger partial charge < -0.3 is 15.2 Å². The second-order valence-corrected chi connectivity index (χ2v) is 4.91. The van der Waals surface area contributed by atoms with Crippen LogP contribution < -0.4 is 10.5 Å². The molecule has 0 bridgehead atoms. The molecule has 0 aliphatic carbocycles. The van der Waals surface area contributed by atoms with Crippen molar-refractivity contribution in [1.29, 1.82) is 0 Å². The summed E-state index contributed by atoms with van der Waals surface area (Å²) < 4.78 is 10.5. The molecule has 2 rings (SSSR count). The first kappa shape index (κ1) is 16.0. The minimum atomic E-state index is -0.288. The van der Waals surface area contributed by atoms with Crippen molar-refractivity contribution in [1.82, 2.24) is 0 Å². The molecular weight excluding hydrogens is 278 g/mol. The maximum Gasteiger partial charge on any atom is 0.307 e. The topological polar surface area (TPSA) is 61.6 Å². The lowest BCUT2D eigenvalue weighted by atomic mass is 10.1. The Hall–Kier alpha value is -2.33. The minimum absolute atomic E-state index is 0.241. The SMILES string of the molecule is NCCC(=O)OCCOc1ccc(Cc2ccccc2)cc1. The van der Waals surface area contributed by atoms with Gasteiger partial charge in [0.15, 0.2) is 0 Å². The molecule has 2 aromatic carbocycles. The summed E-state index contributed by atoms with van der Waals surface area (Å²) in [5.74, 6) is 0.482. The molecule has 116 valence electrons. The lowest BCUT2D eigenvalue weighted by Crippen LogP contribution is -2.15. The van der Waals surface area contributed by atoms with E-state index < -0.39 is 0 Å². The summed E-state index contributed by atoms with van der Waals surface area (Å²) in [7, 11) is 0. The third-order valence-corrected chi connectivity index (χ3v) is 3.14. The molecule has 4 nitrogen and oxygen atoms in total. The van der Waals surface area contributed by atoms with Gasteiger partial charge in [0.1, 0.15) is 19.0 Å².